The largest absolute Gasteiger partial charge is 0.497 e. The first-order valence-electron chi connectivity index (χ1n) is 17.2. The molecular weight excluding hydrogens is 648 g/mol. The summed E-state index contributed by atoms with van der Waals surface area (Å²) < 4.78 is 10.7. The molecular formula is C35H48N6O7S. The molecule has 49 heavy (non-hydrogen) atoms. The van der Waals surface area contributed by atoms with Crippen LogP contribution in [0.2, 0.25) is 0 Å². The van der Waals surface area contributed by atoms with Crippen LogP contribution in [0.5, 0.6) is 5.75 Å². The third kappa shape index (κ3) is 10.0. The van der Waals surface area contributed by atoms with Crippen molar-refractivity contribution in [3.63, 3.8) is 0 Å². The fraction of sp³-hybridized carbons (Fsp3) is 0.600. The number of urea groups is 1. The number of methoxy groups -OCH3 is 1. The molecule has 0 spiro atoms. The average molecular weight is 697 g/mol. The second-order valence-corrected chi connectivity index (χ2v) is 14.4. The molecule has 3 fully saturated rings. The second kappa shape index (κ2) is 16.6. The molecule has 1 aromatic carbocycles. The number of hydrogen-bond acceptors (Lipinski definition) is 9. The standard InChI is InChI=1S/C35H48N6O7S/c1-22(37-34(46)41-16-13-25(14-17-41)38-32(45)33-36-15-18-49-33)30(43)40-28(20-24-9-11-26(47-3)12-10-24)31(44)39-27(29(42)35(2)21-48-35)19-23-7-5-4-6-8-23/h9-12,15,18,22-23,25,27-28H,4-8,13-14,16-17,19-21H2,1-3H3,(H,37,46)(H,38,45)(H,39,44)(H,40,43)/t22-,27+,28+,35-/m1/s1. The van der Waals surface area contributed by atoms with Crippen molar-refractivity contribution in [2.24, 2.45) is 5.92 Å². The summed E-state index contributed by atoms with van der Waals surface area (Å²) in [5, 5.41) is 13.7. The number of piperidine rings is 1. The summed E-state index contributed by atoms with van der Waals surface area (Å²) in [5.74, 6) is -0.381. The van der Waals surface area contributed by atoms with E-state index in [1.807, 2.05) is 12.1 Å². The van der Waals surface area contributed by atoms with Crippen LogP contribution in [-0.4, -0.2) is 96.0 Å². The van der Waals surface area contributed by atoms with Gasteiger partial charge in [0.15, 0.2) is 10.8 Å². The lowest BCUT2D eigenvalue weighted by atomic mass is 9.82. The third-order valence-corrected chi connectivity index (χ3v) is 10.5. The highest BCUT2D eigenvalue weighted by atomic mass is 32.1. The van der Waals surface area contributed by atoms with E-state index in [2.05, 4.69) is 26.3 Å². The number of amides is 5. The number of Topliss-reactive ketones (excluding diaryl/α,β-unsaturated/α-hetero) is 1. The topological polar surface area (TPSA) is 171 Å². The lowest BCUT2D eigenvalue weighted by Gasteiger charge is -2.33. The molecule has 1 aliphatic carbocycles. The van der Waals surface area contributed by atoms with Gasteiger partial charge in [-0.25, -0.2) is 9.78 Å². The molecule has 4 atom stereocenters. The molecule has 5 amide bonds. The minimum absolute atomic E-state index is 0.0821. The maximum Gasteiger partial charge on any atom is 0.318 e. The van der Waals surface area contributed by atoms with Crippen molar-refractivity contribution >= 4 is 40.9 Å². The van der Waals surface area contributed by atoms with Gasteiger partial charge in [-0.3, -0.25) is 19.2 Å². The van der Waals surface area contributed by atoms with Gasteiger partial charge in [0.1, 0.15) is 23.4 Å². The van der Waals surface area contributed by atoms with Crippen LogP contribution in [0.15, 0.2) is 35.8 Å². The van der Waals surface area contributed by atoms with Crippen molar-refractivity contribution in [3.05, 3.63) is 46.4 Å². The Balaban J connectivity index is 1.20. The lowest BCUT2D eigenvalue weighted by molar-refractivity contribution is -0.133. The van der Waals surface area contributed by atoms with Gasteiger partial charge in [-0.1, -0.05) is 44.2 Å². The van der Waals surface area contributed by atoms with E-state index in [1.54, 1.807) is 49.6 Å². The summed E-state index contributed by atoms with van der Waals surface area (Å²) >= 11 is 1.27. The summed E-state index contributed by atoms with van der Waals surface area (Å²) in [6.07, 6.45) is 8.84. The van der Waals surface area contributed by atoms with Crippen molar-refractivity contribution in [3.8, 4) is 5.75 Å². The van der Waals surface area contributed by atoms with Crippen molar-refractivity contribution in [1.29, 1.82) is 0 Å². The quantitative estimate of drug-likeness (QED) is 0.219. The zero-order valence-corrected chi connectivity index (χ0v) is 29.3. The number of ether oxygens (including phenoxy) is 2. The van der Waals surface area contributed by atoms with E-state index in [9.17, 15) is 24.0 Å². The average Bonchev–Trinajstić information content (AvgIpc) is 3.61. The maximum absolute atomic E-state index is 13.9. The normalized spacial score (nSPS) is 21.5. The highest BCUT2D eigenvalue weighted by molar-refractivity contribution is 7.11. The molecule has 1 aromatic heterocycles. The summed E-state index contributed by atoms with van der Waals surface area (Å²) in [6, 6.07) is 4.04. The predicted molar refractivity (Wildman–Crippen MR) is 183 cm³/mol. The number of carbonyl (C=O) groups is 5. The Labute approximate surface area is 291 Å². The van der Waals surface area contributed by atoms with Crippen LogP contribution in [-0.2, 0) is 25.5 Å². The van der Waals surface area contributed by atoms with Crippen LogP contribution in [0.3, 0.4) is 0 Å². The molecule has 0 radical (unpaired) electrons. The van der Waals surface area contributed by atoms with Gasteiger partial charge in [0.05, 0.1) is 19.8 Å². The zero-order valence-electron chi connectivity index (χ0n) is 28.5. The van der Waals surface area contributed by atoms with Gasteiger partial charge in [0.25, 0.3) is 5.91 Å². The van der Waals surface area contributed by atoms with Crippen LogP contribution in [0, 0.1) is 5.92 Å². The molecule has 2 aliphatic heterocycles. The number of carbonyl (C=O) groups excluding carboxylic acids is 5. The Morgan fingerprint density at radius 1 is 0.980 bits per heavy atom. The lowest BCUT2D eigenvalue weighted by Crippen LogP contribution is -2.58. The summed E-state index contributed by atoms with van der Waals surface area (Å²) in [4.78, 5) is 72.0. The SMILES string of the molecule is COc1ccc(C[C@H](NC(=O)[C@@H](C)NC(=O)N2CCC(NC(=O)c3nccs3)CC2)C(=O)N[C@@H](CC2CCCCC2)C(=O)[C@@]2(C)CO2)cc1. The monoisotopic (exact) mass is 696 g/mol. The molecule has 5 rings (SSSR count). The molecule has 1 saturated carbocycles. The first-order valence-corrected chi connectivity index (χ1v) is 18.1. The van der Waals surface area contributed by atoms with E-state index in [4.69, 9.17) is 9.47 Å². The molecule has 266 valence electrons. The number of rotatable bonds is 14. The van der Waals surface area contributed by atoms with E-state index < -0.39 is 41.6 Å². The number of likely N-dealkylation sites (tertiary alicyclic amines) is 1. The summed E-state index contributed by atoms with van der Waals surface area (Å²) in [7, 11) is 1.57. The van der Waals surface area contributed by atoms with E-state index in [-0.39, 0.29) is 24.2 Å². The number of nitrogens with zero attached hydrogens (tertiary/aromatic N) is 2. The van der Waals surface area contributed by atoms with Crippen molar-refractivity contribution in [2.75, 3.05) is 26.8 Å². The van der Waals surface area contributed by atoms with Gasteiger partial charge in [-0.15, -0.1) is 11.3 Å². The van der Waals surface area contributed by atoms with Gasteiger partial charge in [0.2, 0.25) is 11.8 Å². The zero-order chi connectivity index (χ0) is 35.0. The Morgan fingerprint density at radius 2 is 1.65 bits per heavy atom. The van der Waals surface area contributed by atoms with Crippen molar-refractivity contribution in [1.82, 2.24) is 31.2 Å². The molecule has 0 unspecified atom stereocenters. The number of nitrogens with one attached hydrogen (secondary N) is 4. The highest BCUT2D eigenvalue weighted by Gasteiger charge is 2.50. The number of benzene rings is 1. The Bertz CT molecular complexity index is 1450. The van der Waals surface area contributed by atoms with Gasteiger partial charge in [-0.2, -0.15) is 0 Å². The summed E-state index contributed by atoms with van der Waals surface area (Å²) in [5.41, 5.74) is -0.114. The molecule has 14 heteroatoms. The van der Waals surface area contributed by atoms with Gasteiger partial charge in [0, 0.05) is 37.1 Å². The smallest absolute Gasteiger partial charge is 0.318 e. The van der Waals surface area contributed by atoms with E-state index in [1.165, 1.54) is 17.8 Å². The van der Waals surface area contributed by atoms with E-state index >= 15 is 0 Å². The molecule has 2 aromatic rings. The second-order valence-electron chi connectivity index (χ2n) is 13.5. The fourth-order valence-electron chi connectivity index (χ4n) is 6.53. The third-order valence-electron chi connectivity index (χ3n) is 9.73. The molecule has 13 nitrogen and oxygen atoms in total. The Kier molecular flexibility index (Phi) is 12.3. The van der Waals surface area contributed by atoms with Crippen LogP contribution in [0.1, 0.15) is 80.6 Å². The maximum atomic E-state index is 13.9. The van der Waals surface area contributed by atoms with Crippen LogP contribution < -0.4 is 26.0 Å². The minimum atomic E-state index is -1.01. The molecule has 3 aliphatic rings. The van der Waals surface area contributed by atoms with Crippen LogP contribution in [0.4, 0.5) is 4.79 Å². The summed E-state index contributed by atoms with van der Waals surface area (Å²) in [6.45, 7) is 4.45. The molecule has 0 bridgehead atoms. The Morgan fingerprint density at radius 3 is 2.27 bits per heavy atom. The number of hydrogen-bond donors (Lipinski definition) is 4. The number of aromatic nitrogens is 1. The Hall–Kier alpha value is -4.04. The van der Waals surface area contributed by atoms with E-state index in [0.717, 1.165) is 31.2 Å². The fourth-order valence-corrected chi connectivity index (χ4v) is 7.07. The van der Waals surface area contributed by atoms with E-state index in [0.29, 0.717) is 55.6 Å². The van der Waals surface area contributed by atoms with Gasteiger partial charge < -0.3 is 35.6 Å². The van der Waals surface area contributed by atoms with Gasteiger partial charge in [-0.05, 0) is 56.7 Å². The predicted octanol–water partition coefficient (Wildman–Crippen LogP) is 2.98. The first kappa shape index (κ1) is 36.2. The number of thiazole rings is 1. The minimum Gasteiger partial charge on any atom is -0.497 e. The van der Waals surface area contributed by atoms with Crippen molar-refractivity contribution < 1.29 is 33.4 Å². The molecule has 2 saturated heterocycles. The van der Waals surface area contributed by atoms with Gasteiger partial charge >= 0.3 is 6.03 Å². The first-order chi connectivity index (χ1) is 23.5. The molecule has 3 heterocycles. The van der Waals surface area contributed by atoms with Crippen molar-refractivity contribution in [2.45, 2.75) is 101 Å². The van der Waals surface area contributed by atoms with Crippen LogP contribution in [0.25, 0.3) is 0 Å². The molecule has 4 N–H and O–H groups in total. The number of ketones is 1. The van der Waals surface area contributed by atoms with Crippen LogP contribution >= 0.6 is 11.3 Å². The number of epoxide rings is 1. The highest BCUT2D eigenvalue weighted by Crippen LogP contribution is 2.33.